The molecule has 5 nitrogen and oxygen atoms in total. The molecule has 1 N–H and O–H groups in total. The quantitative estimate of drug-likeness (QED) is 0.684. The molecule has 148 valence electrons. The van der Waals surface area contributed by atoms with Crippen molar-refractivity contribution < 1.29 is 4.79 Å². The minimum atomic E-state index is -0.427. The van der Waals surface area contributed by atoms with Gasteiger partial charge in [0.15, 0.2) is 5.15 Å². The number of nitrogens with one attached hydrogen (secondary N) is 1. The molecule has 1 fully saturated rings. The first-order valence-corrected chi connectivity index (χ1v) is 10.5. The Bertz CT molecular complexity index is 968. The lowest BCUT2D eigenvalue weighted by molar-refractivity contribution is -0.128. The highest BCUT2D eigenvalue weighted by molar-refractivity contribution is 6.42. The first-order valence-electron chi connectivity index (χ1n) is 9.39. The van der Waals surface area contributed by atoms with Crippen LogP contribution >= 0.6 is 34.8 Å². The average Bonchev–Trinajstić information content (AvgIpc) is 3.27. The van der Waals surface area contributed by atoms with Gasteiger partial charge in [0.25, 0.3) is 5.91 Å². The molecule has 0 bridgehead atoms. The van der Waals surface area contributed by atoms with Crippen LogP contribution in [0.15, 0.2) is 35.5 Å². The zero-order valence-corrected chi connectivity index (χ0v) is 17.9. The minimum Gasteiger partial charge on any atom is -0.344 e. The van der Waals surface area contributed by atoms with Crippen LogP contribution in [0.4, 0.5) is 5.82 Å². The Hall–Kier alpha value is -1.69. The third-order valence-electron chi connectivity index (χ3n) is 5.54. The molecule has 1 amide bonds. The summed E-state index contributed by atoms with van der Waals surface area (Å²) in [6, 6.07) is 7.01. The second-order valence-corrected chi connectivity index (χ2v) is 8.44. The van der Waals surface area contributed by atoms with Crippen molar-refractivity contribution in [1.29, 1.82) is 0 Å². The van der Waals surface area contributed by atoms with Gasteiger partial charge < -0.3 is 10.2 Å². The number of likely N-dealkylation sites (tertiary alicyclic amines) is 1. The van der Waals surface area contributed by atoms with Gasteiger partial charge in [-0.1, -0.05) is 47.8 Å². The van der Waals surface area contributed by atoms with Crippen LogP contribution in [0, 0.1) is 0 Å². The summed E-state index contributed by atoms with van der Waals surface area (Å²) in [4.78, 5) is 15.6. The number of hydrogen-bond donors (Lipinski definition) is 1. The summed E-state index contributed by atoms with van der Waals surface area (Å²) in [6.07, 6.45) is 3.01. The van der Waals surface area contributed by atoms with Gasteiger partial charge in [-0.25, -0.2) is 4.68 Å². The van der Waals surface area contributed by atoms with Crippen LogP contribution in [0.2, 0.25) is 15.2 Å². The number of halogens is 3. The number of allylic oxidation sites excluding steroid dienone is 1. The molecule has 2 atom stereocenters. The molecule has 1 aromatic carbocycles. The van der Waals surface area contributed by atoms with Gasteiger partial charge in [0.1, 0.15) is 11.9 Å². The maximum absolute atomic E-state index is 13.6. The fraction of sp³-hybridized carbons (Fsp3) is 0.400. The van der Waals surface area contributed by atoms with Crippen LogP contribution in [0.25, 0.3) is 0 Å². The second-order valence-electron chi connectivity index (χ2n) is 7.24. The van der Waals surface area contributed by atoms with Gasteiger partial charge in [-0.15, -0.1) is 0 Å². The maximum Gasteiger partial charge on any atom is 0.254 e. The van der Waals surface area contributed by atoms with Gasteiger partial charge in [-0.3, -0.25) is 4.79 Å². The van der Waals surface area contributed by atoms with E-state index in [1.54, 1.807) is 22.9 Å². The Kier molecular flexibility index (Phi) is 5.34. The highest BCUT2D eigenvalue weighted by Gasteiger charge is 2.38. The molecule has 1 aromatic heterocycles. The molecule has 2 unspecified atom stereocenters. The Morgan fingerprint density at radius 1 is 1.25 bits per heavy atom. The van der Waals surface area contributed by atoms with Gasteiger partial charge in [0.2, 0.25) is 0 Å². The molecule has 0 aliphatic carbocycles. The number of amides is 1. The molecule has 0 saturated carbocycles. The highest BCUT2D eigenvalue weighted by Crippen LogP contribution is 2.40. The van der Waals surface area contributed by atoms with Crippen molar-refractivity contribution >= 4 is 46.5 Å². The fourth-order valence-electron chi connectivity index (χ4n) is 4.19. The van der Waals surface area contributed by atoms with Crippen molar-refractivity contribution in [1.82, 2.24) is 14.7 Å². The lowest BCUT2D eigenvalue weighted by Gasteiger charge is -2.33. The molecule has 2 aromatic rings. The van der Waals surface area contributed by atoms with E-state index in [1.807, 2.05) is 17.9 Å². The molecule has 0 spiro atoms. The lowest BCUT2D eigenvalue weighted by Crippen LogP contribution is -2.40. The van der Waals surface area contributed by atoms with Crippen LogP contribution in [0.3, 0.4) is 0 Å². The molecule has 8 heteroatoms. The number of benzene rings is 1. The van der Waals surface area contributed by atoms with E-state index in [4.69, 9.17) is 34.8 Å². The summed E-state index contributed by atoms with van der Waals surface area (Å²) in [5.74, 6) is 0.770. The van der Waals surface area contributed by atoms with Crippen LogP contribution in [0.5, 0.6) is 0 Å². The maximum atomic E-state index is 13.6. The molecular weight excluding hydrogens is 419 g/mol. The van der Waals surface area contributed by atoms with Crippen LogP contribution in [-0.2, 0) is 4.79 Å². The Balaban J connectivity index is 1.84. The highest BCUT2D eigenvalue weighted by atomic mass is 35.5. The van der Waals surface area contributed by atoms with Crippen LogP contribution < -0.4 is 5.32 Å². The fourth-order valence-corrected chi connectivity index (χ4v) is 4.68. The predicted octanol–water partition coefficient (Wildman–Crippen LogP) is 5.53. The molecule has 2 aliphatic heterocycles. The summed E-state index contributed by atoms with van der Waals surface area (Å²) < 4.78 is 1.75. The summed E-state index contributed by atoms with van der Waals surface area (Å²) in [6.45, 7) is 4.81. The van der Waals surface area contributed by atoms with Crippen molar-refractivity contribution in [3.05, 3.63) is 56.3 Å². The van der Waals surface area contributed by atoms with E-state index in [1.165, 1.54) is 0 Å². The third kappa shape index (κ3) is 3.30. The predicted molar refractivity (Wildman–Crippen MR) is 113 cm³/mol. The Morgan fingerprint density at radius 2 is 2.04 bits per heavy atom. The standard InChI is InChI=1S/C20H21Cl3N4O/c1-3-13-5-4-8-26(13)20(28)18-11(2)24-17-10-16(23)25-27(17)19(18)12-6-7-14(21)15(22)9-12/h6-7,9-10,13,19,24H,3-5,8H2,1-2H3. The molecule has 0 radical (unpaired) electrons. The Labute approximate surface area is 179 Å². The summed E-state index contributed by atoms with van der Waals surface area (Å²) in [7, 11) is 0. The molecule has 1 saturated heterocycles. The number of rotatable bonds is 3. The number of nitrogens with zero attached hydrogens (tertiary/aromatic N) is 3. The monoisotopic (exact) mass is 438 g/mol. The van der Waals surface area contributed by atoms with Gasteiger partial charge in [-0.2, -0.15) is 5.10 Å². The minimum absolute atomic E-state index is 0.0303. The topological polar surface area (TPSA) is 50.2 Å². The molecule has 2 aliphatic rings. The Morgan fingerprint density at radius 3 is 2.75 bits per heavy atom. The van der Waals surface area contributed by atoms with E-state index in [9.17, 15) is 4.79 Å². The van der Waals surface area contributed by atoms with Gasteiger partial charge >= 0.3 is 0 Å². The van der Waals surface area contributed by atoms with Crippen molar-refractivity contribution in [3.8, 4) is 0 Å². The van der Waals surface area contributed by atoms with Crippen molar-refractivity contribution in [2.75, 3.05) is 11.9 Å². The molecule has 28 heavy (non-hydrogen) atoms. The van der Waals surface area contributed by atoms with E-state index in [2.05, 4.69) is 17.3 Å². The first-order chi connectivity index (χ1) is 13.4. The van der Waals surface area contributed by atoms with E-state index in [-0.39, 0.29) is 11.9 Å². The molecular formula is C20H21Cl3N4O. The van der Waals surface area contributed by atoms with E-state index < -0.39 is 6.04 Å². The van der Waals surface area contributed by atoms with Crippen LogP contribution in [0.1, 0.15) is 44.7 Å². The van der Waals surface area contributed by atoms with Gasteiger partial charge in [0, 0.05) is 24.4 Å². The third-order valence-corrected chi connectivity index (χ3v) is 6.47. The normalized spacial score (nSPS) is 21.7. The first kappa shape index (κ1) is 19.6. The number of carbonyl (C=O) groups is 1. The number of hydrogen-bond acceptors (Lipinski definition) is 3. The number of aromatic nitrogens is 2. The number of carbonyl (C=O) groups excluding carboxylic acids is 1. The average molecular weight is 440 g/mol. The van der Waals surface area contributed by atoms with Crippen molar-refractivity contribution in [3.63, 3.8) is 0 Å². The van der Waals surface area contributed by atoms with Crippen LogP contribution in [-0.4, -0.2) is 33.2 Å². The van der Waals surface area contributed by atoms with E-state index in [0.29, 0.717) is 20.8 Å². The summed E-state index contributed by atoms with van der Waals surface area (Å²) >= 11 is 18.6. The number of fused-ring (bicyclic) bond motifs is 1. The van der Waals surface area contributed by atoms with Crippen molar-refractivity contribution in [2.24, 2.45) is 0 Å². The summed E-state index contributed by atoms with van der Waals surface area (Å²) in [5, 5.41) is 8.99. The molecule has 4 rings (SSSR count). The van der Waals surface area contributed by atoms with E-state index >= 15 is 0 Å². The zero-order valence-electron chi connectivity index (χ0n) is 15.7. The lowest BCUT2D eigenvalue weighted by atomic mass is 9.94. The smallest absolute Gasteiger partial charge is 0.254 e. The zero-order chi connectivity index (χ0) is 20.0. The number of anilines is 1. The van der Waals surface area contributed by atoms with Crippen molar-refractivity contribution in [2.45, 2.75) is 45.2 Å². The summed E-state index contributed by atoms with van der Waals surface area (Å²) in [5.41, 5.74) is 2.30. The SMILES string of the molecule is CCC1CCCN1C(=O)C1=C(C)Nc2cc(Cl)nn2C1c1ccc(Cl)c(Cl)c1. The van der Waals surface area contributed by atoms with Gasteiger partial charge in [0.05, 0.1) is 15.6 Å². The second kappa shape index (κ2) is 7.62. The molecule has 3 heterocycles. The van der Waals surface area contributed by atoms with Gasteiger partial charge in [-0.05, 0) is 43.9 Å². The van der Waals surface area contributed by atoms with E-state index in [0.717, 1.165) is 42.9 Å². The largest absolute Gasteiger partial charge is 0.344 e.